The van der Waals surface area contributed by atoms with Crippen LogP contribution in [0.3, 0.4) is 0 Å². The zero-order chi connectivity index (χ0) is 32.5. The van der Waals surface area contributed by atoms with Gasteiger partial charge in [0.15, 0.2) is 0 Å². The maximum atomic E-state index is 14.8. The van der Waals surface area contributed by atoms with Gasteiger partial charge >= 0.3 is 0 Å². The molecular formula is C45H29N3O. The van der Waals surface area contributed by atoms with Crippen LogP contribution in [-0.2, 0) is 0 Å². The van der Waals surface area contributed by atoms with Gasteiger partial charge in [0.2, 0.25) is 0 Å². The highest BCUT2D eigenvalue weighted by molar-refractivity contribution is 6.21. The molecule has 0 saturated heterocycles. The molecule has 10 aromatic rings. The SMILES string of the molecule is O=c1c2c(c3ccccc3n1-c1ccccc1)c1cc(-c3ccc4c(c3)c3ccccc3n4-c3ccccc3)ccc1n2-c1ccccc1. The fourth-order valence-corrected chi connectivity index (χ4v) is 7.73. The molecule has 0 aliphatic carbocycles. The molecule has 7 aromatic carbocycles. The van der Waals surface area contributed by atoms with E-state index >= 15 is 0 Å². The van der Waals surface area contributed by atoms with Crippen LogP contribution in [0, 0.1) is 0 Å². The fraction of sp³-hybridized carbons (Fsp3) is 0. The Balaban J connectivity index is 1.28. The van der Waals surface area contributed by atoms with Gasteiger partial charge in [0.05, 0.1) is 22.1 Å². The molecule has 0 fully saturated rings. The number of hydrogen-bond donors (Lipinski definition) is 0. The van der Waals surface area contributed by atoms with Crippen LogP contribution in [0.2, 0.25) is 0 Å². The number of para-hydroxylation sites is 5. The summed E-state index contributed by atoms with van der Waals surface area (Å²) in [7, 11) is 0. The third-order valence-corrected chi connectivity index (χ3v) is 9.84. The average molecular weight is 628 g/mol. The van der Waals surface area contributed by atoms with E-state index in [1.54, 1.807) is 0 Å². The van der Waals surface area contributed by atoms with Crippen molar-refractivity contribution >= 4 is 54.5 Å². The van der Waals surface area contributed by atoms with Crippen LogP contribution in [0.1, 0.15) is 0 Å². The van der Waals surface area contributed by atoms with Crippen LogP contribution in [-0.4, -0.2) is 13.7 Å². The number of fused-ring (bicyclic) bond motifs is 8. The average Bonchev–Trinajstić information content (AvgIpc) is 3.69. The van der Waals surface area contributed by atoms with E-state index in [0.717, 1.165) is 55.4 Å². The fourth-order valence-electron chi connectivity index (χ4n) is 7.73. The molecule has 0 atom stereocenters. The summed E-state index contributed by atoms with van der Waals surface area (Å²) in [4.78, 5) is 14.8. The van der Waals surface area contributed by atoms with E-state index in [4.69, 9.17) is 0 Å². The molecule has 0 spiro atoms. The summed E-state index contributed by atoms with van der Waals surface area (Å²) in [6, 6.07) is 61.0. The first-order chi connectivity index (χ1) is 24.3. The predicted molar refractivity (Wildman–Crippen MR) is 204 cm³/mol. The molecule has 0 N–H and O–H groups in total. The summed E-state index contributed by atoms with van der Waals surface area (Å²) in [5.74, 6) is 0. The minimum Gasteiger partial charge on any atom is -0.309 e. The third-order valence-electron chi connectivity index (χ3n) is 9.84. The van der Waals surface area contributed by atoms with Crippen molar-refractivity contribution in [2.24, 2.45) is 0 Å². The number of pyridine rings is 1. The molecule has 49 heavy (non-hydrogen) atoms. The number of aromatic nitrogens is 3. The van der Waals surface area contributed by atoms with E-state index in [-0.39, 0.29) is 5.56 Å². The van der Waals surface area contributed by atoms with Gasteiger partial charge in [-0.25, -0.2) is 0 Å². The second-order valence-electron chi connectivity index (χ2n) is 12.5. The van der Waals surface area contributed by atoms with Gasteiger partial charge in [-0.2, -0.15) is 0 Å². The van der Waals surface area contributed by atoms with Crippen LogP contribution >= 0.6 is 0 Å². The lowest BCUT2D eigenvalue weighted by Gasteiger charge is -2.13. The Kier molecular flexibility index (Phi) is 5.99. The standard InChI is InChI=1S/C45H29N3O/c49-45-44-43(36-21-11-13-23-40(36)48(45)34-18-8-3-9-19-34)38-29-31(25-27-42(38)47(44)33-16-6-2-7-17-33)30-24-26-41-37(28-30)35-20-10-12-22-39(35)46(41)32-14-4-1-5-15-32/h1-29H. The maximum absolute atomic E-state index is 14.8. The highest BCUT2D eigenvalue weighted by atomic mass is 16.1. The zero-order valence-corrected chi connectivity index (χ0v) is 26.5. The molecule has 10 rings (SSSR count). The first-order valence-corrected chi connectivity index (χ1v) is 16.6. The smallest absolute Gasteiger partial charge is 0.280 e. The highest BCUT2D eigenvalue weighted by Gasteiger charge is 2.22. The van der Waals surface area contributed by atoms with Gasteiger partial charge < -0.3 is 9.13 Å². The lowest BCUT2D eigenvalue weighted by Crippen LogP contribution is -2.21. The topological polar surface area (TPSA) is 31.9 Å². The van der Waals surface area contributed by atoms with Gasteiger partial charge in [-0.1, -0.05) is 103 Å². The second-order valence-corrected chi connectivity index (χ2v) is 12.5. The van der Waals surface area contributed by atoms with Gasteiger partial charge in [-0.05, 0) is 83.9 Å². The van der Waals surface area contributed by atoms with Crippen LogP contribution in [0.5, 0.6) is 0 Å². The monoisotopic (exact) mass is 627 g/mol. The summed E-state index contributed by atoms with van der Waals surface area (Å²) in [6.07, 6.45) is 0. The molecule has 4 heteroatoms. The Bertz CT molecular complexity index is 2930. The van der Waals surface area contributed by atoms with Crippen molar-refractivity contribution in [3.8, 4) is 28.2 Å². The summed E-state index contributed by atoms with van der Waals surface area (Å²) in [5.41, 5.74) is 10.1. The summed E-state index contributed by atoms with van der Waals surface area (Å²) < 4.78 is 6.34. The van der Waals surface area contributed by atoms with Crippen LogP contribution in [0.15, 0.2) is 181 Å². The Morgan fingerprint density at radius 1 is 0.327 bits per heavy atom. The van der Waals surface area contributed by atoms with E-state index in [1.165, 1.54) is 21.8 Å². The van der Waals surface area contributed by atoms with Crippen molar-refractivity contribution in [1.29, 1.82) is 0 Å². The van der Waals surface area contributed by atoms with Crippen LogP contribution in [0.25, 0.3) is 82.7 Å². The van der Waals surface area contributed by atoms with Crippen molar-refractivity contribution in [3.63, 3.8) is 0 Å². The van der Waals surface area contributed by atoms with E-state index < -0.39 is 0 Å². The first kappa shape index (κ1) is 27.5. The molecule has 0 saturated carbocycles. The van der Waals surface area contributed by atoms with Gasteiger partial charge in [-0.3, -0.25) is 9.36 Å². The lowest BCUT2D eigenvalue weighted by molar-refractivity contribution is 1.04. The van der Waals surface area contributed by atoms with Crippen molar-refractivity contribution in [3.05, 3.63) is 186 Å². The minimum atomic E-state index is -0.0448. The molecule has 3 heterocycles. The molecule has 4 nitrogen and oxygen atoms in total. The van der Waals surface area contributed by atoms with Gasteiger partial charge in [0.1, 0.15) is 5.52 Å². The van der Waals surface area contributed by atoms with Crippen LogP contribution in [0.4, 0.5) is 0 Å². The third kappa shape index (κ3) is 4.07. The molecule has 0 unspecified atom stereocenters. The van der Waals surface area contributed by atoms with Crippen LogP contribution < -0.4 is 5.56 Å². The highest BCUT2D eigenvalue weighted by Crippen LogP contribution is 2.39. The first-order valence-electron chi connectivity index (χ1n) is 16.6. The molecule has 0 aliphatic heterocycles. The largest absolute Gasteiger partial charge is 0.309 e. The van der Waals surface area contributed by atoms with E-state index in [9.17, 15) is 4.79 Å². The normalized spacial score (nSPS) is 11.8. The molecular weight excluding hydrogens is 599 g/mol. The Labute approximate surface area is 281 Å². The van der Waals surface area contributed by atoms with Crippen molar-refractivity contribution in [1.82, 2.24) is 13.7 Å². The van der Waals surface area contributed by atoms with Crippen molar-refractivity contribution in [2.45, 2.75) is 0 Å². The Hall–Kier alpha value is -6.65. The van der Waals surface area contributed by atoms with Gasteiger partial charge in [-0.15, -0.1) is 0 Å². The van der Waals surface area contributed by atoms with Gasteiger partial charge in [0.25, 0.3) is 5.56 Å². The number of benzene rings is 7. The van der Waals surface area contributed by atoms with E-state index in [2.05, 4.69) is 130 Å². The quantitative estimate of drug-likeness (QED) is 0.191. The second kappa shape index (κ2) is 10.7. The molecule has 3 aromatic heterocycles. The molecule has 230 valence electrons. The molecule has 0 radical (unpaired) electrons. The van der Waals surface area contributed by atoms with Crippen molar-refractivity contribution < 1.29 is 0 Å². The van der Waals surface area contributed by atoms with E-state index in [1.807, 2.05) is 59.2 Å². The van der Waals surface area contributed by atoms with Gasteiger partial charge in [0, 0.05) is 44.0 Å². The number of rotatable bonds is 4. The summed E-state index contributed by atoms with van der Waals surface area (Å²) >= 11 is 0. The molecule has 0 amide bonds. The predicted octanol–water partition coefficient (Wildman–Crippen LogP) is 10.9. The summed E-state index contributed by atoms with van der Waals surface area (Å²) in [6.45, 7) is 0. The number of nitrogens with zero attached hydrogens (tertiary/aromatic N) is 3. The molecule has 0 aliphatic rings. The Morgan fingerprint density at radius 3 is 1.37 bits per heavy atom. The summed E-state index contributed by atoms with van der Waals surface area (Å²) in [5, 5.41) is 5.49. The lowest BCUT2D eigenvalue weighted by atomic mass is 9.99. The Morgan fingerprint density at radius 2 is 0.755 bits per heavy atom. The zero-order valence-electron chi connectivity index (χ0n) is 26.5. The minimum absolute atomic E-state index is 0.0448. The van der Waals surface area contributed by atoms with Crippen molar-refractivity contribution in [2.75, 3.05) is 0 Å². The number of hydrogen-bond acceptors (Lipinski definition) is 1. The van der Waals surface area contributed by atoms with E-state index in [0.29, 0.717) is 5.52 Å². The maximum Gasteiger partial charge on any atom is 0.280 e. The molecule has 0 bridgehead atoms.